The molecule has 1 unspecified atom stereocenters. The molecule has 0 saturated carbocycles. The SMILES string of the molecule is CCOC(=O)CCCn1cc(C(=O)c2ccc(OC(C(=O)Nc3ccc(CC(C)C)cc3)c3ccc(CC(C)C)cc3)cc2)c2ccccc21. The average Bonchev–Trinajstić information content (AvgIpc) is 3.46. The van der Waals surface area contributed by atoms with E-state index in [9.17, 15) is 14.4 Å². The van der Waals surface area contributed by atoms with Gasteiger partial charge in [-0.3, -0.25) is 14.4 Å². The molecule has 50 heavy (non-hydrogen) atoms. The first kappa shape index (κ1) is 36.1. The average molecular weight is 673 g/mol. The zero-order valence-corrected chi connectivity index (χ0v) is 29.8. The molecule has 0 saturated heterocycles. The Labute approximate surface area is 295 Å². The third-order valence-corrected chi connectivity index (χ3v) is 8.52. The van der Waals surface area contributed by atoms with Crippen molar-refractivity contribution in [3.63, 3.8) is 0 Å². The molecule has 0 aliphatic carbocycles. The van der Waals surface area contributed by atoms with Crippen LogP contribution >= 0.6 is 0 Å². The largest absolute Gasteiger partial charge is 0.476 e. The molecule has 5 aromatic rings. The van der Waals surface area contributed by atoms with Crippen LogP contribution in [0.15, 0.2) is 103 Å². The van der Waals surface area contributed by atoms with Gasteiger partial charge in [-0.15, -0.1) is 0 Å². The Hall–Kier alpha value is -5.17. The number of carbonyl (C=O) groups excluding carboxylic acids is 3. The van der Waals surface area contributed by atoms with Crippen LogP contribution in [0.4, 0.5) is 5.69 Å². The molecular formula is C43H48N2O5. The number of benzene rings is 4. The summed E-state index contributed by atoms with van der Waals surface area (Å²) in [4.78, 5) is 39.4. The Kier molecular flexibility index (Phi) is 12.3. The van der Waals surface area contributed by atoms with Crippen molar-refractivity contribution >= 4 is 34.3 Å². The van der Waals surface area contributed by atoms with E-state index in [0.717, 1.165) is 29.3 Å². The van der Waals surface area contributed by atoms with Gasteiger partial charge in [0.2, 0.25) is 6.10 Å². The minimum absolute atomic E-state index is 0.118. The number of esters is 1. The molecule has 0 aliphatic heterocycles. The zero-order valence-electron chi connectivity index (χ0n) is 29.8. The van der Waals surface area contributed by atoms with E-state index in [1.165, 1.54) is 11.1 Å². The van der Waals surface area contributed by atoms with Crippen LogP contribution in [0.5, 0.6) is 5.75 Å². The third-order valence-electron chi connectivity index (χ3n) is 8.52. The maximum atomic E-state index is 13.8. The number of nitrogens with one attached hydrogen (secondary N) is 1. The van der Waals surface area contributed by atoms with E-state index in [4.69, 9.17) is 9.47 Å². The van der Waals surface area contributed by atoms with Gasteiger partial charge in [0.25, 0.3) is 5.91 Å². The van der Waals surface area contributed by atoms with E-state index in [2.05, 4.69) is 45.1 Å². The maximum absolute atomic E-state index is 13.8. The number of anilines is 1. The standard InChI is InChI=1S/C43H48N2O5/c1-6-49-40(46)12-9-25-45-28-38(37-10-7-8-11-39(37)45)41(47)33-19-23-36(24-20-33)50-42(34-17-13-31(14-18-34)26-29(2)3)43(48)44-35-21-15-32(16-22-35)27-30(4)5/h7-8,10-11,13-24,28-30,42H,6,9,12,25-27H2,1-5H3,(H,44,48). The van der Waals surface area contributed by atoms with Gasteiger partial charge in [-0.2, -0.15) is 0 Å². The zero-order chi connectivity index (χ0) is 35.6. The number of hydrogen-bond acceptors (Lipinski definition) is 5. The van der Waals surface area contributed by atoms with Crippen LogP contribution in [0.1, 0.15) is 86.2 Å². The number of hydrogen-bond donors (Lipinski definition) is 1. The summed E-state index contributed by atoms with van der Waals surface area (Å²) in [6, 6.07) is 30.7. The number of nitrogens with zero attached hydrogens (tertiary/aromatic N) is 1. The van der Waals surface area contributed by atoms with Crippen LogP contribution in [0, 0.1) is 11.8 Å². The minimum Gasteiger partial charge on any atom is -0.476 e. The third kappa shape index (κ3) is 9.50. The van der Waals surface area contributed by atoms with Gasteiger partial charge in [-0.25, -0.2) is 0 Å². The Bertz CT molecular complexity index is 1890. The predicted octanol–water partition coefficient (Wildman–Crippen LogP) is 9.37. The molecule has 0 spiro atoms. The lowest BCUT2D eigenvalue weighted by Gasteiger charge is -2.20. The number of ketones is 1. The molecule has 0 fully saturated rings. The van der Waals surface area contributed by atoms with Gasteiger partial charge in [0.15, 0.2) is 5.78 Å². The lowest BCUT2D eigenvalue weighted by molar-refractivity contribution is -0.143. The van der Waals surface area contributed by atoms with E-state index in [1.807, 2.05) is 71.4 Å². The highest BCUT2D eigenvalue weighted by Gasteiger charge is 2.24. The minimum atomic E-state index is -0.910. The molecule has 5 rings (SSSR count). The number of carbonyl (C=O) groups is 3. The maximum Gasteiger partial charge on any atom is 0.305 e. The molecule has 1 aromatic heterocycles. The van der Waals surface area contributed by atoms with Gasteiger partial charge in [0.1, 0.15) is 5.75 Å². The second-order valence-electron chi connectivity index (χ2n) is 13.6. The summed E-state index contributed by atoms with van der Waals surface area (Å²) in [5.74, 6) is 0.914. The molecule has 7 heteroatoms. The van der Waals surface area contributed by atoms with Crippen molar-refractivity contribution in [3.8, 4) is 5.75 Å². The van der Waals surface area contributed by atoms with Crippen molar-refractivity contribution < 1.29 is 23.9 Å². The fourth-order valence-electron chi connectivity index (χ4n) is 6.19. The summed E-state index contributed by atoms with van der Waals surface area (Å²) >= 11 is 0. The van der Waals surface area contributed by atoms with Crippen molar-refractivity contribution in [1.29, 1.82) is 0 Å². The molecule has 0 bridgehead atoms. The second kappa shape index (κ2) is 17.0. The summed E-state index contributed by atoms with van der Waals surface area (Å²) in [5, 5.41) is 3.89. The molecule has 0 radical (unpaired) electrons. The van der Waals surface area contributed by atoms with Gasteiger partial charge in [0, 0.05) is 52.4 Å². The quantitative estimate of drug-likeness (QED) is 0.0834. The van der Waals surface area contributed by atoms with Gasteiger partial charge < -0.3 is 19.4 Å². The highest BCUT2D eigenvalue weighted by molar-refractivity contribution is 6.16. The number of rotatable bonds is 16. The van der Waals surface area contributed by atoms with Gasteiger partial charge in [-0.1, -0.05) is 82.3 Å². The van der Waals surface area contributed by atoms with E-state index < -0.39 is 6.10 Å². The van der Waals surface area contributed by atoms with E-state index in [0.29, 0.717) is 60.4 Å². The lowest BCUT2D eigenvalue weighted by atomic mass is 9.99. The van der Waals surface area contributed by atoms with Crippen LogP contribution in [-0.2, 0) is 33.7 Å². The predicted molar refractivity (Wildman–Crippen MR) is 200 cm³/mol. The first-order valence-electron chi connectivity index (χ1n) is 17.6. The normalized spacial score (nSPS) is 11.9. The Morgan fingerprint density at radius 1 is 0.760 bits per heavy atom. The Balaban J connectivity index is 1.34. The van der Waals surface area contributed by atoms with Gasteiger partial charge >= 0.3 is 5.97 Å². The van der Waals surface area contributed by atoms with E-state index in [-0.39, 0.29) is 17.7 Å². The van der Waals surface area contributed by atoms with Gasteiger partial charge in [0.05, 0.1) is 6.61 Å². The Morgan fingerprint density at radius 3 is 2.00 bits per heavy atom. The number of amides is 1. The molecule has 4 aromatic carbocycles. The first-order valence-corrected chi connectivity index (χ1v) is 17.6. The van der Waals surface area contributed by atoms with E-state index in [1.54, 1.807) is 31.2 Å². The summed E-state index contributed by atoms with van der Waals surface area (Å²) in [5.41, 5.74) is 5.89. The molecule has 7 nitrogen and oxygen atoms in total. The summed E-state index contributed by atoms with van der Waals surface area (Å²) < 4.78 is 13.4. The van der Waals surface area contributed by atoms with Crippen LogP contribution in [0.25, 0.3) is 10.9 Å². The Morgan fingerprint density at radius 2 is 1.38 bits per heavy atom. The number of aryl methyl sites for hydroxylation is 1. The van der Waals surface area contributed by atoms with Crippen LogP contribution < -0.4 is 10.1 Å². The number of fused-ring (bicyclic) bond motifs is 1. The fourth-order valence-corrected chi connectivity index (χ4v) is 6.19. The monoisotopic (exact) mass is 672 g/mol. The van der Waals surface area contributed by atoms with Crippen molar-refractivity contribution in [3.05, 3.63) is 131 Å². The number of ether oxygens (including phenoxy) is 2. The first-order chi connectivity index (χ1) is 24.1. The van der Waals surface area contributed by atoms with Crippen molar-refractivity contribution in [1.82, 2.24) is 4.57 Å². The molecule has 1 amide bonds. The topological polar surface area (TPSA) is 86.6 Å². The molecule has 260 valence electrons. The van der Waals surface area contributed by atoms with Crippen LogP contribution in [0.3, 0.4) is 0 Å². The fraction of sp³-hybridized carbons (Fsp3) is 0.326. The summed E-state index contributed by atoms with van der Waals surface area (Å²) in [6.07, 6.45) is 3.80. The van der Waals surface area contributed by atoms with Crippen molar-refractivity contribution in [2.24, 2.45) is 11.8 Å². The summed E-state index contributed by atoms with van der Waals surface area (Å²) in [6.45, 7) is 11.5. The van der Waals surface area contributed by atoms with Crippen molar-refractivity contribution in [2.45, 2.75) is 73.0 Å². The molecule has 1 atom stereocenters. The van der Waals surface area contributed by atoms with Gasteiger partial charge in [-0.05, 0) is 91.6 Å². The molecule has 1 heterocycles. The molecular weight excluding hydrogens is 624 g/mol. The summed E-state index contributed by atoms with van der Waals surface area (Å²) in [7, 11) is 0. The number of aromatic nitrogens is 1. The lowest BCUT2D eigenvalue weighted by Crippen LogP contribution is -2.25. The highest BCUT2D eigenvalue weighted by Crippen LogP contribution is 2.28. The molecule has 1 N–H and O–H groups in total. The number of para-hydroxylation sites is 1. The second-order valence-corrected chi connectivity index (χ2v) is 13.6. The van der Waals surface area contributed by atoms with Crippen LogP contribution in [0.2, 0.25) is 0 Å². The van der Waals surface area contributed by atoms with Crippen LogP contribution in [-0.4, -0.2) is 28.8 Å². The van der Waals surface area contributed by atoms with Crippen molar-refractivity contribution in [2.75, 3.05) is 11.9 Å². The smallest absolute Gasteiger partial charge is 0.305 e. The van der Waals surface area contributed by atoms with E-state index >= 15 is 0 Å². The molecule has 0 aliphatic rings. The highest BCUT2D eigenvalue weighted by atomic mass is 16.5.